The van der Waals surface area contributed by atoms with Gasteiger partial charge in [-0.1, -0.05) is 13.8 Å². The van der Waals surface area contributed by atoms with E-state index >= 15 is 0 Å². The maximum absolute atomic E-state index is 13.5. The number of aromatic nitrogens is 2. The summed E-state index contributed by atoms with van der Waals surface area (Å²) in [6, 6.07) is 3.85. The summed E-state index contributed by atoms with van der Waals surface area (Å²) in [4.78, 5) is 4.22. The zero-order valence-corrected chi connectivity index (χ0v) is 11.0. The highest BCUT2D eigenvalue weighted by Crippen LogP contribution is 2.11. The molecule has 0 radical (unpaired) electrons. The lowest BCUT2D eigenvalue weighted by Crippen LogP contribution is -2.21. The molecule has 0 unspecified atom stereocenters. The van der Waals surface area contributed by atoms with E-state index in [9.17, 15) is 8.78 Å². The molecule has 2 rings (SSSR count). The third-order valence-electron chi connectivity index (χ3n) is 2.74. The van der Waals surface area contributed by atoms with Gasteiger partial charge in [0.2, 0.25) is 0 Å². The van der Waals surface area contributed by atoms with E-state index in [1.807, 2.05) is 6.20 Å². The lowest BCUT2D eigenvalue weighted by atomic mass is 10.2. The fraction of sp³-hybridized carbons (Fsp3) is 0.357. The predicted octanol–water partition coefficient (Wildman–Crippen LogP) is 2.71. The summed E-state index contributed by atoms with van der Waals surface area (Å²) in [6.07, 6.45) is 3.46. The first-order chi connectivity index (χ1) is 9.04. The van der Waals surface area contributed by atoms with Crippen LogP contribution in [0.15, 0.2) is 30.7 Å². The normalized spacial score (nSPS) is 11.2. The first kappa shape index (κ1) is 13.7. The average Bonchev–Trinajstić information content (AvgIpc) is 2.79. The molecular weight excluding hydrogens is 248 g/mol. The highest BCUT2D eigenvalue weighted by atomic mass is 19.1. The third-order valence-corrected chi connectivity index (χ3v) is 2.74. The van der Waals surface area contributed by atoms with E-state index in [1.165, 1.54) is 6.07 Å². The van der Waals surface area contributed by atoms with Gasteiger partial charge in [-0.05, 0) is 18.2 Å². The minimum atomic E-state index is -0.432. The fourth-order valence-electron chi connectivity index (χ4n) is 1.75. The minimum Gasteiger partial charge on any atom is -0.333 e. The van der Waals surface area contributed by atoms with Crippen LogP contribution in [0.1, 0.15) is 25.1 Å². The summed E-state index contributed by atoms with van der Waals surface area (Å²) in [7, 11) is 0. The van der Waals surface area contributed by atoms with Crippen molar-refractivity contribution in [3.8, 4) is 0 Å². The summed E-state index contributed by atoms with van der Waals surface area (Å²) in [5.74, 6) is -0.838. The van der Waals surface area contributed by atoms with Crippen molar-refractivity contribution >= 4 is 0 Å². The van der Waals surface area contributed by atoms with Crippen molar-refractivity contribution in [2.24, 2.45) is 0 Å². The van der Waals surface area contributed by atoms with Gasteiger partial charge in [0.25, 0.3) is 0 Å². The highest BCUT2D eigenvalue weighted by Gasteiger charge is 2.06. The van der Waals surface area contributed by atoms with Crippen molar-refractivity contribution < 1.29 is 8.78 Å². The van der Waals surface area contributed by atoms with Crippen molar-refractivity contribution in [1.29, 1.82) is 0 Å². The smallest absolute Gasteiger partial charge is 0.128 e. The number of benzene rings is 1. The van der Waals surface area contributed by atoms with Crippen LogP contribution in [0.25, 0.3) is 0 Å². The average molecular weight is 265 g/mol. The van der Waals surface area contributed by atoms with Crippen molar-refractivity contribution in [3.63, 3.8) is 0 Å². The number of rotatable bonds is 5. The fourth-order valence-corrected chi connectivity index (χ4v) is 1.75. The number of hydrogen-bond donors (Lipinski definition) is 1. The van der Waals surface area contributed by atoms with Gasteiger partial charge in [0.05, 0.1) is 18.6 Å². The van der Waals surface area contributed by atoms with Gasteiger partial charge in [0, 0.05) is 24.3 Å². The van der Waals surface area contributed by atoms with Crippen LogP contribution in [0.2, 0.25) is 0 Å². The zero-order valence-electron chi connectivity index (χ0n) is 11.0. The molecule has 19 heavy (non-hydrogen) atoms. The Morgan fingerprint density at radius 1 is 1.32 bits per heavy atom. The Morgan fingerprint density at radius 2 is 2.11 bits per heavy atom. The van der Waals surface area contributed by atoms with Crippen LogP contribution < -0.4 is 5.32 Å². The molecule has 102 valence electrons. The Kier molecular flexibility index (Phi) is 4.27. The molecule has 0 aliphatic heterocycles. The highest BCUT2D eigenvalue weighted by molar-refractivity contribution is 5.19. The van der Waals surface area contributed by atoms with Gasteiger partial charge in [0.15, 0.2) is 0 Å². The zero-order chi connectivity index (χ0) is 13.8. The Labute approximate surface area is 111 Å². The van der Waals surface area contributed by atoms with Crippen molar-refractivity contribution in [1.82, 2.24) is 14.9 Å². The lowest BCUT2D eigenvalue weighted by Gasteiger charge is -2.05. The molecule has 1 aromatic heterocycles. The van der Waals surface area contributed by atoms with Gasteiger partial charge < -0.3 is 9.88 Å². The van der Waals surface area contributed by atoms with Crippen LogP contribution in [0.4, 0.5) is 8.78 Å². The summed E-state index contributed by atoms with van der Waals surface area (Å²) in [5, 5.41) is 3.25. The van der Waals surface area contributed by atoms with E-state index < -0.39 is 11.6 Å². The molecular formula is C14H17F2N3. The second-order valence-corrected chi connectivity index (χ2v) is 4.81. The molecule has 0 aliphatic carbocycles. The largest absolute Gasteiger partial charge is 0.333 e. The summed E-state index contributed by atoms with van der Waals surface area (Å²) < 4.78 is 28.3. The molecule has 1 aromatic carbocycles. The molecule has 0 saturated carbocycles. The maximum atomic E-state index is 13.5. The van der Waals surface area contributed by atoms with E-state index in [2.05, 4.69) is 24.1 Å². The molecule has 0 fully saturated rings. The summed E-state index contributed by atoms with van der Waals surface area (Å²) in [5.41, 5.74) is 1.20. The SMILES string of the molecule is CC(C)NCc1cn(Cc2cc(F)ccc2F)cn1. The lowest BCUT2D eigenvalue weighted by molar-refractivity contribution is 0.575. The Morgan fingerprint density at radius 3 is 2.84 bits per heavy atom. The Balaban J connectivity index is 2.05. The molecule has 2 aromatic rings. The topological polar surface area (TPSA) is 29.9 Å². The summed E-state index contributed by atoms with van der Waals surface area (Å²) >= 11 is 0. The number of imidazole rings is 1. The van der Waals surface area contributed by atoms with Gasteiger partial charge in [-0.3, -0.25) is 0 Å². The first-order valence-corrected chi connectivity index (χ1v) is 6.22. The molecule has 3 nitrogen and oxygen atoms in total. The van der Waals surface area contributed by atoms with E-state index in [1.54, 1.807) is 10.9 Å². The molecule has 0 aliphatic rings. The van der Waals surface area contributed by atoms with E-state index in [0.29, 0.717) is 18.2 Å². The Bertz CT molecular complexity index is 549. The van der Waals surface area contributed by atoms with Crippen LogP contribution in [-0.4, -0.2) is 15.6 Å². The maximum Gasteiger partial charge on any atom is 0.128 e. The molecule has 1 N–H and O–H groups in total. The molecule has 0 saturated heterocycles. The monoisotopic (exact) mass is 265 g/mol. The van der Waals surface area contributed by atoms with Gasteiger partial charge in [0.1, 0.15) is 11.6 Å². The standard InChI is InChI=1S/C14H17F2N3/c1-10(2)17-6-13-8-19(9-18-13)7-11-5-12(15)3-4-14(11)16/h3-5,8-10,17H,6-7H2,1-2H3. The van der Waals surface area contributed by atoms with Crippen molar-refractivity contribution in [2.45, 2.75) is 33.0 Å². The van der Waals surface area contributed by atoms with Crippen LogP contribution in [-0.2, 0) is 13.1 Å². The van der Waals surface area contributed by atoms with Crippen molar-refractivity contribution in [3.05, 3.63) is 53.6 Å². The molecule has 0 atom stereocenters. The minimum absolute atomic E-state index is 0.276. The van der Waals surface area contributed by atoms with Gasteiger partial charge in [-0.25, -0.2) is 13.8 Å². The predicted molar refractivity (Wildman–Crippen MR) is 69.7 cm³/mol. The van der Waals surface area contributed by atoms with Crippen LogP contribution in [0.3, 0.4) is 0 Å². The molecule has 0 amide bonds. The molecule has 1 heterocycles. The van der Waals surface area contributed by atoms with Gasteiger partial charge >= 0.3 is 0 Å². The molecule has 0 bridgehead atoms. The molecule has 0 spiro atoms. The number of halogens is 2. The summed E-state index contributed by atoms with van der Waals surface area (Å²) in [6.45, 7) is 5.05. The quantitative estimate of drug-likeness (QED) is 0.900. The van der Waals surface area contributed by atoms with Gasteiger partial charge in [-0.15, -0.1) is 0 Å². The second kappa shape index (κ2) is 5.93. The van der Waals surface area contributed by atoms with Crippen molar-refractivity contribution in [2.75, 3.05) is 0 Å². The number of nitrogens with one attached hydrogen (secondary N) is 1. The molecule has 5 heteroatoms. The van der Waals surface area contributed by atoms with Crippen LogP contribution >= 0.6 is 0 Å². The van der Waals surface area contributed by atoms with Gasteiger partial charge in [-0.2, -0.15) is 0 Å². The third kappa shape index (κ3) is 3.86. The van der Waals surface area contributed by atoms with E-state index in [-0.39, 0.29) is 6.54 Å². The Hall–Kier alpha value is -1.75. The number of hydrogen-bond acceptors (Lipinski definition) is 2. The van der Waals surface area contributed by atoms with Crippen LogP contribution in [0.5, 0.6) is 0 Å². The number of nitrogens with zero attached hydrogens (tertiary/aromatic N) is 2. The van der Waals surface area contributed by atoms with E-state index in [0.717, 1.165) is 17.8 Å². The first-order valence-electron chi connectivity index (χ1n) is 6.22. The van der Waals surface area contributed by atoms with E-state index in [4.69, 9.17) is 0 Å². The second-order valence-electron chi connectivity index (χ2n) is 4.81. The van der Waals surface area contributed by atoms with Crippen LogP contribution in [0, 0.1) is 11.6 Å².